The minimum atomic E-state index is -1.23. The van der Waals surface area contributed by atoms with Crippen LogP contribution in [0.3, 0.4) is 0 Å². The number of halogens is 1. The summed E-state index contributed by atoms with van der Waals surface area (Å²) >= 11 is 0. The van der Waals surface area contributed by atoms with Gasteiger partial charge in [-0.15, -0.1) is 0 Å². The molecule has 18 heavy (non-hydrogen) atoms. The van der Waals surface area contributed by atoms with Gasteiger partial charge in [0, 0.05) is 19.4 Å². The van der Waals surface area contributed by atoms with Crippen molar-refractivity contribution in [3.05, 3.63) is 47.8 Å². The highest BCUT2D eigenvalue weighted by Gasteiger charge is 2.13. The van der Waals surface area contributed by atoms with E-state index in [1.807, 2.05) is 0 Å². The van der Waals surface area contributed by atoms with Gasteiger partial charge >= 0.3 is 5.97 Å². The zero-order chi connectivity index (χ0) is 13.1. The van der Waals surface area contributed by atoms with Gasteiger partial charge in [-0.05, 0) is 18.2 Å². The Morgan fingerprint density at radius 2 is 2.33 bits per heavy atom. The summed E-state index contributed by atoms with van der Waals surface area (Å²) in [6.45, 7) is 0.120. The van der Waals surface area contributed by atoms with E-state index < -0.39 is 11.8 Å². The molecular formula is C12H11FN2O3. The smallest absolute Gasteiger partial charge is 0.339 e. The van der Waals surface area contributed by atoms with E-state index in [0.29, 0.717) is 5.82 Å². The van der Waals surface area contributed by atoms with Crippen LogP contribution >= 0.6 is 0 Å². The standard InChI is InChI=1S/C12H11FN2O3/c1-15-5-4-14-11(15)7-18-10-3-2-8(13)6-9(10)12(16)17/h2-6H,7H2,1H3,(H,16,17). The van der Waals surface area contributed by atoms with Gasteiger partial charge < -0.3 is 14.4 Å². The Hall–Kier alpha value is -2.37. The number of hydrogen-bond donors (Lipinski definition) is 1. The molecule has 2 rings (SSSR count). The van der Waals surface area contributed by atoms with Crippen LogP contribution in [0.5, 0.6) is 5.75 Å². The Morgan fingerprint density at radius 3 is 2.94 bits per heavy atom. The summed E-state index contributed by atoms with van der Waals surface area (Å²) in [5.74, 6) is -1.08. The van der Waals surface area contributed by atoms with Gasteiger partial charge in [-0.1, -0.05) is 0 Å². The van der Waals surface area contributed by atoms with Crippen LogP contribution in [-0.4, -0.2) is 20.6 Å². The second-order valence-electron chi connectivity index (χ2n) is 3.69. The molecule has 5 nitrogen and oxygen atoms in total. The van der Waals surface area contributed by atoms with E-state index in [9.17, 15) is 9.18 Å². The van der Waals surface area contributed by atoms with Crippen molar-refractivity contribution < 1.29 is 19.0 Å². The lowest BCUT2D eigenvalue weighted by atomic mass is 10.2. The second kappa shape index (κ2) is 4.87. The Kier molecular flexibility index (Phi) is 3.27. The van der Waals surface area contributed by atoms with Crippen LogP contribution in [0.2, 0.25) is 0 Å². The summed E-state index contributed by atoms with van der Waals surface area (Å²) in [4.78, 5) is 15.0. The maximum absolute atomic E-state index is 12.9. The largest absolute Gasteiger partial charge is 0.485 e. The number of carboxylic acid groups (broad SMARTS) is 1. The number of imidazole rings is 1. The van der Waals surface area contributed by atoms with E-state index >= 15 is 0 Å². The number of aromatic nitrogens is 2. The number of carboxylic acids is 1. The van der Waals surface area contributed by atoms with Gasteiger partial charge in [0.1, 0.15) is 29.6 Å². The van der Waals surface area contributed by atoms with Crippen LogP contribution in [0, 0.1) is 5.82 Å². The van der Waals surface area contributed by atoms with Crippen molar-refractivity contribution in [2.24, 2.45) is 7.05 Å². The zero-order valence-electron chi connectivity index (χ0n) is 9.63. The number of benzene rings is 1. The van der Waals surface area contributed by atoms with Gasteiger partial charge in [0.2, 0.25) is 0 Å². The lowest BCUT2D eigenvalue weighted by Gasteiger charge is -2.09. The fourth-order valence-electron chi connectivity index (χ4n) is 1.47. The topological polar surface area (TPSA) is 64.4 Å². The maximum atomic E-state index is 12.9. The van der Waals surface area contributed by atoms with Gasteiger partial charge in [-0.25, -0.2) is 14.2 Å². The van der Waals surface area contributed by atoms with Crippen molar-refractivity contribution >= 4 is 5.97 Å². The first-order valence-corrected chi connectivity index (χ1v) is 5.20. The van der Waals surface area contributed by atoms with Crippen molar-refractivity contribution in [1.82, 2.24) is 9.55 Å². The monoisotopic (exact) mass is 250 g/mol. The van der Waals surface area contributed by atoms with Gasteiger partial charge in [-0.3, -0.25) is 0 Å². The molecule has 0 bridgehead atoms. The number of aryl methyl sites for hydroxylation is 1. The Balaban J connectivity index is 2.19. The molecule has 0 saturated heterocycles. The summed E-state index contributed by atoms with van der Waals surface area (Å²) in [5, 5.41) is 8.93. The van der Waals surface area contributed by atoms with E-state index in [1.165, 1.54) is 6.07 Å². The highest BCUT2D eigenvalue weighted by atomic mass is 19.1. The second-order valence-corrected chi connectivity index (χ2v) is 3.69. The average molecular weight is 250 g/mol. The molecule has 0 fully saturated rings. The number of carbonyl (C=O) groups is 1. The molecule has 94 valence electrons. The Morgan fingerprint density at radius 1 is 1.56 bits per heavy atom. The van der Waals surface area contributed by atoms with Crippen LogP contribution in [0.15, 0.2) is 30.6 Å². The molecule has 1 heterocycles. The third-order valence-electron chi connectivity index (χ3n) is 2.45. The first kappa shape index (κ1) is 12.1. The molecule has 0 atom stereocenters. The number of nitrogens with zero attached hydrogens (tertiary/aromatic N) is 2. The summed E-state index contributed by atoms with van der Waals surface area (Å²) in [6, 6.07) is 3.37. The molecule has 2 aromatic rings. The molecule has 0 aliphatic carbocycles. The van der Waals surface area contributed by atoms with Gasteiger partial charge in [-0.2, -0.15) is 0 Å². The molecule has 0 aliphatic rings. The summed E-state index contributed by atoms with van der Waals surface area (Å²) in [7, 11) is 1.80. The molecule has 1 aromatic heterocycles. The normalized spacial score (nSPS) is 10.3. The van der Waals surface area contributed by atoms with Crippen molar-refractivity contribution in [3.8, 4) is 5.75 Å². The minimum absolute atomic E-state index is 0.118. The Labute approximate surface area is 102 Å². The van der Waals surface area contributed by atoms with Crippen molar-refractivity contribution in [1.29, 1.82) is 0 Å². The van der Waals surface area contributed by atoms with Gasteiger partial charge in [0.25, 0.3) is 0 Å². The minimum Gasteiger partial charge on any atom is -0.485 e. The molecule has 1 aromatic carbocycles. The van der Waals surface area contributed by atoms with Gasteiger partial charge in [0.15, 0.2) is 0 Å². The molecule has 0 radical (unpaired) electrons. The maximum Gasteiger partial charge on any atom is 0.339 e. The summed E-state index contributed by atoms with van der Waals surface area (Å²) in [5.41, 5.74) is -0.204. The molecule has 0 unspecified atom stereocenters. The summed E-state index contributed by atoms with van der Waals surface area (Å²) in [6.07, 6.45) is 3.36. The van der Waals surface area contributed by atoms with E-state index in [0.717, 1.165) is 12.1 Å². The van der Waals surface area contributed by atoms with Crippen LogP contribution in [0.4, 0.5) is 4.39 Å². The van der Waals surface area contributed by atoms with Crippen LogP contribution in [-0.2, 0) is 13.7 Å². The predicted molar refractivity (Wildman–Crippen MR) is 60.9 cm³/mol. The van der Waals surface area contributed by atoms with E-state index in [-0.39, 0.29) is 17.9 Å². The quantitative estimate of drug-likeness (QED) is 0.899. The first-order chi connectivity index (χ1) is 8.58. The molecule has 0 saturated carbocycles. The molecule has 6 heteroatoms. The van der Waals surface area contributed by atoms with Crippen LogP contribution in [0.25, 0.3) is 0 Å². The highest BCUT2D eigenvalue weighted by molar-refractivity contribution is 5.90. The fraction of sp³-hybridized carbons (Fsp3) is 0.167. The predicted octanol–water partition coefficient (Wildman–Crippen LogP) is 1.84. The third kappa shape index (κ3) is 2.48. The zero-order valence-corrected chi connectivity index (χ0v) is 9.63. The Bertz CT molecular complexity index is 580. The van der Waals surface area contributed by atoms with Gasteiger partial charge in [0.05, 0.1) is 0 Å². The summed E-state index contributed by atoms with van der Waals surface area (Å²) < 4.78 is 20.1. The number of rotatable bonds is 4. The van der Waals surface area contributed by atoms with Crippen molar-refractivity contribution in [2.75, 3.05) is 0 Å². The lowest BCUT2D eigenvalue weighted by molar-refractivity contribution is 0.0691. The number of ether oxygens (including phenoxy) is 1. The fourth-order valence-corrected chi connectivity index (χ4v) is 1.47. The number of hydrogen-bond acceptors (Lipinski definition) is 3. The SMILES string of the molecule is Cn1ccnc1COc1ccc(F)cc1C(=O)O. The molecule has 0 amide bonds. The third-order valence-corrected chi connectivity index (χ3v) is 2.45. The van der Waals surface area contributed by atoms with Crippen molar-refractivity contribution in [2.45, 2.75) is 6.61 Å². The average Bonchev–Trinajstić information content (AvgIpc) is 2.73. The molecular weight excluding hydrogens is 239 g/mol. The van der Waals surface area contributed by atoms with Crippen molar-refractivity contribution in [3.63, 3.8) is 0 Å². The first-order valence-electron chi connectivity index (χ1n) is 5.20. The van der Waals surface area contributed by atoms with E-state index in [2.05, 4.69) is 4.98 Å². The molecule has 0 spiro atoms. The van der Waals surface area contributed by atoms with E-state index in [4.69, 9.17) is 9.84 Å². The number of aromatic carboxylic acids is 1. The van der Waals surface area contributed by atoms with Crippen LogP contribution < -0.4 is 4.74 Å². The lowest BCUT2D eigenvalue weighted by Crippen LogP contribution is -2.07. The van der Waals surface area contributed by atoms with Crippen LogP contribution in [0.1, 0.15) is 16.2 Å². The molecule has 0 aliphatic heterocycles. The van der Waals surface area contributed by atoms with E-state index in [1.54, 1.807) is 24.0 Å². The highest BCUT2D eigenvalue weighted by Crippen LogP contribution is 2.20. The molecule has 1 N–H and O–H groups in total.